The highest BCUT2D eigenvalue weighted by molar-refractivity contribution is 6.01. The van der Waals surface area contributed by atoms with E-state index in [0.717, 1.165) is 11.1 Å². The Morgan fingerprint density at radius 2 is 2.18 bits per heavy atom. The lowest BCUT2D eigenvalue weighted by molar-refractivity contribution is -0.118. The first-order valence-electron chi connectivity index (χ1n) is 5.40. The van der Waals surface area contributed by atoms with Crippen LogP contribution >= 0.6 is 0 Å². The van der Waals surface area contributed by atoms with Crippen molar-refractivity contribution >= 4 is 11.9 Å². The van der Waals surface area contributed by atoms with Crippen LogP contribution in [-0.4, -0.2) is 29.9 Å². The lowest BCUT2D eigenvalue weighted by Gasteiger charge is -2.13. The molecule has 4 nitrogen and oxygen atoms in total. The molecule has 1 aromatic carbocycles. The maximum absolute atomic E-state index is 12.9. The van der Waals surface area contributed by atoms with Gasteiger partial charge in [-0.1, -0.05) is 6.07 Å². The average molecular weight is 236 g/mol. The van der Waals surface area contributed by atoms with Crippen molar-refractivity contribution in [3.63, 3.8) is 0 Å². The number of imide groups is 1. The van der Waals surface area contributed by atoms with Crippen LogP contribution in [0.5, 0.6) is 0 Å². The summed E-state index contributed by atoms with van der Waals surface area (Å²) in [7, 11) is 0. The summed E-state index contributed by atoms with van der Waals surface area (Å²) in [4.78, 5) is 23.7. The fraction of sp³-hybridized carbons (Fsp3) is 0.333. The summed E-state index contributed by atoms with van der Waals surface area (Å²) in [5.41, 5.74) is 1.84. The summed E-state index contributed by atoms with van der Waals surface area (Å²) in [5, 5.41) is 2.21. The van der Waals surface area contributed by atoms with E-state index < -0.39 is 0 Å². The number of nitrogens with zero attached hydrogens (tertiary/aromatic N) is 1. The zero-order valence-corrected chi connectivity index (χ0v) is 9.50. The van der Waals surface area contributed by atoms with Gasteiger partial charge in [-0.2, -0.15) is 0 Å². The molecule has 90 valence electrons. The van der Waals surface area contributed by atoms with Gasteiger partial charge in [-0.3, -0.25) is 10.1 Å². The molecule has 3 amide bonds. The Bertz CT molecular complexity index is 474. The van der Waals surface area contributed by atoms with Gasteiger partial charge in [0.05, 0.1) is 0 Å². The van der Waals surface area contributed by atoms with E-state index in [0.29, 0.717) is 13.0 Å². The number of amides is 3. The molecule has 0 radical (unpaired) electrons. The van der Waals surface area contributed by atoms with Crippen LogP contribution in [0.25, 0.3) is 0 Å². The molecule has 2 rings (SSSR count). The van der Waals surface area contributed by atoms with Crippen LogP contribution < -0.4 is 5.32 Å². The Kier molecular flexibility index (Phi) is 3.08. The summed E-state index contributed by atoms with van der Waals surface area (Å²) in [6, 6.07) is 4.22. The number of aryl methyl sites for hydroxylation is 1. The highest BCUT2D eigenvalue weighted by atomic mass is 19.1. The van der Waals surface area contributed by atoms with Crippen LogP contribution in [0, 0.1) is 12.7 Å². The molecule has 0 unspecified atom stereocenters. The minimum atomic E-state index is -0.352. The molecular formula is C12H13FN2O2. The highest BCUT2D eigenvalue weighted by Gasteiger charge is 2.25. The molecule has 0 spiro atoms. The number of rotatable bonds is 3. The molecule has 1 fully saturated rings. The minimum Gasteiger partial charge on any atom is -0.315 e. The highest BCUT2D eigenvalue weighted by Crippen LogP contribution is 2.12. The first-order valence-corrected chi connectivity index (χ1v) is 5.40. The van der Waals surface area contributed by atoms with E-state index in [1.807, 2.05) is 6.92 Å². The molecule has 1 aromatic rings. The summed E-state index contributed by atoms with van der Waals surface area (Å²) < 4.78 is 12.9. The van der Waals surface area contributed by atoms with Gasteiger partial charge in [0.1, 0.15) is 12.4 Å². The van der Waals surface area contributed by atoms with Crippen LogP contribution in [-0.2, 0) is 11.2 Å². The van der Waals surface area contributed by atoms with E-state index in [2.05, 4.69) is 5.32 Å². The van der Waals surface area contributed by atoms with Gasteiger partial charge < -0.3 is 4.90 Å². The lowest BCUT2D eigenvalue weighted by atomic mass is 10.1. The van der Waals surface area contributed by atoms with Crippen molar-refractivity contribution in [3.8, 4) is 0 Å². The van der Waals surface area contributed by atoms with Crippen LogP contribution in [0.2, 0.25) is 0 Å². The van der Waals surface area contributed by atoms with Crippen LogP contribution in [0.4, 0.5) is 9.18 Å². The molecule has 1 saturated heterocycles. The molecule has 0 bridgehead atoms. The Hall–Kier alpha value is -1.91. The fourth-order valence-corrected chi connectivity index (χ4v) is 1.86. The van der Waals surface area contributed by atoms with E-state index in [4.69, 9.17) is 0 Å². The Balaban J connectivity index is 1.98. The molecule has 1 heterocycles. The Morgan fingerprint density at radius 3 is 2.76 bits per heavy atom. The smallest absolute Gasteiger partial charge is 0.315 e. The number of nitrogens with one attached hydrogen (secondary N) is 1. The predicted octanol–water partition coefficient (Wildman–Crippen LogP) is 1.23. The predicted molar refractivity (Wildman–Crippen MR) is 60.0 cm³/mol. The second kappa shape index (κ2) is 4.53. The standard InChI is InChI=1S/C12H13FN2O2/c1-8-6-10(13)3-2-9(8)4-5-15-7-11(16)14-12(15)17/h2-3,6H,4-5,7H2,1H3,(H,14,16,17). The van der Waals surface area contributed by atoms with Crippen molar-refractivity contribution in [3.05, 3.63) is 35.1 Å². The van der Waals surface area contributed by atoms with Crippen molar-refractivity contribution in [1.29, 1.82) is 0 Å². The third-order valence-electron chi connectivity index (χ3n) is 2.82. The number of hydrogen-bond donors (Lipinski definition) is 1. The van der Waals surface area contributed by atoms with Crippen molar-refractivity contribution in [2.24, 2.45) is 0 Å². The topological polar surface area (TPSA) is 49.4 Å². The first-order chi connectivity index (χ1) is 8.06. The van der Waals surface area contributed by atoms with Crippen LogP contribution in [0.3, 0.4) is 0 Å². The summed E-state index contributed by atoms with van der Waals surface area (Å²) >= 11 is 0. The Labute approximate surface area is 98.4 Å². The second-order valence-electron chi connectivity index (χ2n) is 4.10. The number of hydrogen-bond acceptors (Lipinski definition) is 2. The minimum absolute atomic E-state index is 0.110. The van der Waals surface area contributed by atoms with Gasteiger partial charge in [-0.05, 0) is 36.6 Å². The molecule has 5 heteroatoms. The third kappa shape index (κ3) is 2.61. The molecule has 1 aliphatic rings. The fourth-order valence-electron chi connectivity index (χ4n) is 1.86. The normalized spacial score (nSPS) is 15.3. The molecule has 0 aromatic heterocycles. The maximum Gasteiger partial charge on any atom is 0.324 e. The van der Waals surface area contributed by atoms with E-state index in [9.17, 15) is 14.0 Å². The van der Waals surface area contributed by atoms with Crippen molar-refractivity contribution in [2.45, 2.75) is 13.3 Å². The van der Waals surface area contributed by atoms with E-state index in [1.54, 1.807) is 6.07 Å². The van der Waals surface area contributed by atoms with Crippen molar-refractivity contribution in [2.75, 3.05) is 13.1 Å². The van der Waals surface area contributed by atoms with Crippen LogP contribution in [0.1, 0.15) is 11.1 Å². The Morgan fingerprint density at radius 1 is 1.41 bits per heavy atom. The summed E-state index contributed by atoms with van der Waals surface area (Å²) in [6.07, 6.45) is 0.618. The quantitative estimate of drug-likeness (QED) is 0.802. The molecule has 0 atom stereocenters. The first kappa shape index (κ1) is 11.6. The van der Waals surface area contributed by atoms with E-state index >= 15 is 0 Å². The van der Waals surface area contributed by atoms with E-state index in [-0.39, 0.29) is 24.3 Å². The van der Waals surface area contributed by atoms with E-state index in [1.165, 1.54) is 17.0 Å². The zero-order valence-electron chi connectivity index (χ0n) is 9.50. The number of carbonyl (C=O) groups is 2. The third-order valence-corrected chi connectivity index (χ3v) is 2.82. The van der Waals surface area contributed by atoms with Crippen LogP contribution in [0.15, 0.2) is 18.2 Å². The maximum atomic E-state index is 12.9. The number of carbonyl (C=O) groups excluding carboxylic acids is 2. The zero-order chi connectivity index (χ0) is 12.4. The van der Waals surface area contributed by atoms with Crippen molar-refractivity contribution in [1.82, 2.24) is 10.2 Å². The van der Waals surface area contributed by atoms with Crippen molar-refractivity contribution < 1.29 is 14.0 Å². The molecule has 1 aliphatic heterocycles. The molecular weight excluding hydrogens is 223 g/mol. The summed E-state index contributed by atoms with van der Waals surface area (Å²) in [6.45, 7) is 2.40. The van der Waals surface area contributed by atoms with Gasteiger partial charge in [0, 0.05) is 6.54 Å². The van der Waals surface area contributed by atoms with Gasteiger partial charge in [-0.25, -0.2) is 9.18 Å². The number of urea groups is 1. The van der Waals surface area contributed by atoms with Gasteiger partial charge in [-0.15, -0.1) is 0 Å². The molecule has 17 heavy (non-hydrogen) atoms. The average Bonchev–Trinajstić information content (AvgIpc) is 2.56. The lowest BCUT2D eigenvalue weighted by Crippen LogP contribution is -2.30. The monoisotopic (exact) mass is 236 g/mol. The molecule has 1 N–H and O–H groups in total. The van der Waals surface area contributed by atoms with Gasteiger partial charge >= 0.3 is 6.03 Å². The second-order valence-corrected chi connectivity index (χ2v) is 4.10. The molecule has 0 saturated carbocycles. The van der Waals surface area contributed by atoms with Gasteiger partial charge in [0.15, 0.2) is 0 Å². The molecule has 0 aliphatic carbocycles. The van der Waals surface area contributed by atoms with Gasteiger partial charge in [0.2, 0.25) is 5.91 Å². The summed E-state index contributed by atoms with van der Waals surface area (Å²) in [5.74, 6) is -0.536. The SMILES string of the molecule is Cc1cc(F)ccc1CCN1CC(=O)NC1=O. The number of benzene rings is 1. The van der Waals surface area contributed by atoms with Gasteiger partial charge in [0.25, 0.3) is 0 Å². The number of halogens is 1. The largest absolute Gasteiger partial charge is 0.324 e.